The first-order valence-corrected chi connectivity index (χ1v) is 9.16. The molecule has 1 heterocycles. The van der Waals surface area contributed by atoms with Crippen molar-refractivity contribution >= 4 is 17.5 Å². The van der Waals surface area contributed by atoms with Crippen LogP contribution in [-0.2, 0) is 17.6 Å². The summed E-state index contributed by atoms with van der Waals surface area (Å²) in [4.78, 5) is 17.0. The molecule has 138 valence electrons. The third-order valence-corrected chi connectivity index (χ3v) is 4.63. The minimum Gasteiger partial charge on any atom is -0.355 e. The molecule has 0 saturated carbocycles. The second kappa shape index (κ2) is 9.28. The number of hydrogen-bond acceptors (Lipinski definition) is 2. The first-order chi connectivity index (χ1) is 13.1. The fraction of sp³-hybridized carbons (Fsp3) is 0.182. The summed E-state index contributed by atoms with van der Waals surface area (Å²) in [5.41, 5.74) is 2.88. The number of rotatable bonds is 7. The zero-order valence-corrected chi connectivity index (χ0v) is 15.5. The van der Waals surface area contributed by atoms with E-state index in [1.54, 1.807) is 36.7 Å². The summed E-state index contributed by atoms with van der Waals surface area (Å²) in [6.07, 6.45) is 4.68. The van der Waals surface area contributed by atoms with Crippen molar-refractivity contribution in [2.24, 2.45) is 0 Å². The average molecular weight is 383 g/mol. The van der Waals surface area contributed by atoms with E-state index in [-0.39, 0.29) is 17.6 Å². The highest BCUT2D eigenvalue weighted by Gasteiger charge is 2.21. The van der Waals surface area contributed by atoms with Crippen molar-refractivity contribution in [3.63, 3.8) is 0 Å². The number of nitrogens with one attached hydrogen (secondary N) is 1. The second-order valence-electron chi connectivity index (χ2n) is 6.34. The van der Waals surface area contributed by atoms with Crippen LogP contribution in [0.15, 0.2) is 73.1 Å². The lowest BCUT2D eigenvalue weighted by Crippen LogP contribution is -2.32. The van der Waals surface area contributed by atoms with E-state index in [0.29, 0.717) is 24.4 Å². The Bertz CT molecular complexity index is 867. The van der Waals surface area contributed by atoms with E-state index in [4.69, 9.17) is 11.6 Å². The molecule has 0 aliphatic heterocycles. The van der Waals surface area contributed by atoms with Crippen molar-refractivity contribution in [2.75, 3.05) is 6.54 Å². The molecule has 27 heavy (non-hydrogen) atoms. The van der Waals surface area contributed by atoms with Crippen molar-refractivity contribution in [1.29, 1.82) is 0 Å². The number of nitrogens with zero attached hydrogens (tertiary/aromatic N) is 1. The molecule has 1 aromatic heterocycles. The molecule has 1 N–H and O–H groups in total. The Labute approximate surface area is 163 Å². The molecule has 0 fully saturated rings. The van der Waals surface area contributed by atoms with Crippen LogP contribution in [0.4, 0.5) is 4.39 Å². The maximum Gasteiger partial charge on any atom is 0.227 e. The molecule has 1 unspecified atom stereocenters. The summed E-state index contributed by atoms with van der Waals surface area (Å²) in [6.45, 7) is 0.488. The van der Waals surface area contributed by atoms with Gasteiger partial charge in [0, 0.05) is 24.0 Å². The number of carbonyl (C=O) groups is 1. The summed E-state index contributed by atoms with van der Waals surface area (Å²) < 4.78 is 13.0. The van der Waals surface area contributed by atoms with Crippen molar-refractivity contribution in [1.82, 2.24) is 10.3 Å². The van der Waals surface area contributed by atoms with E-state index in [0.717, 1.165) is 16.7 Å². The van der Waals surface area contributed by atoms with Gasteiger partial charge in [0.2, 0.25) is 5.91 Å². The van der Waals surface area contributed by atoms with Crippen LogP contribution >= 0.6 is 11.6 Å². The predicted molar refractivity (Wildman–Crippen MR) is 105 cm³/mol. The van der Waals surface area contributed by atoms with Gasteiger partial charge in [0.05, 0.1) is 5.92 Å². The van der Waals surface area contributed by atoms with Gasteiger partial charge in [-0.25, -0.2) is 4.39 Å². The number of carbonyl (C=O) groups excluding carboxylic acids is 1. The van der Waals surface area contributed by atoms with Gasteiger partial charge >= 0.3 is 0 Å². The first kappa shape index (κ1) is 19.1. The smallest absolute Gasteiger partial charge is 0.227 e. The molecular formula is C22H20ClFN2O. The molecule has 1 amide bonds. The van der Waals surface area contributed by atoms with Gasteiger partial charge in [0.25, 0.3) is 0 Å². The van der Waals surface area contributed by atoms with Gasteiger partial charge in [-0.15, -0.1) is 0 Å². The van der Waals surface area contributed by atoms with Crippen LogP contribution in [0.5, 0.6) is 0 Å². The van der Waals surface area contributed by atoms with Crippen LogP contribution in [0.1, 0.15) is 22.6 Å². The monoisotopic (exact) mass is 382 g/mol. The van der Waals surface area contributed by atoms with Gasteiger partial charge < -0.3 is 5.32 Å². The summed E-state index contributed by atoms with van der Waals surface area (Å²) in [5, 5.41) is 3.63. The number of amides is 1. The highest BCUT2D eigenvalue weighted by atomic mass is 35.5. The highest BCUT2D eigenvalue weighted by molar-refractivity contribution is 6.30. The lowest BCUT2D eigenvalue weighted by atomic mass is 9.91. The number of halogens is 2. The largest absolute Gasteiger partial charge is 0.355 e. The van der Waals surface area contributed by atoms with Crippen LogP contribution in [-0.4, -0.2) is 17.4 Å². The van der Waals surface area contributed by atoms with E-state index in [9.17, 15) is 9.18 Å². The molecule has 3 nitrogen and oxygen atoms in total. The van der Waals surface area contributed by atoms with Crippen LogP contribution in [0.25, 0.3) is 0 Å². The van der Waals surface area contributed by atoms with Gasteiger partial charge in [0.1, 0.15) is 5.82 Å². The van der Waals surface area contributed by atoms with Crippen LogP contribution in [0.2, 0.25) is 5.02 Å². The maximum absolute atomic E-state index is 13.0. The normalized spacial score (nSPS) is 11.8. The molecule has 2 aromatic carbocycles. The Kier molecular flexibility index (Phi) is 6.55. The Hall–Kier alpha value is -2.72. The van der Waals surface area contributed by atoms with E-state index >= 15 is 0 Å². The quantitative estimate of drug-likeness (QED) is 0.650. The van der Waals surface area contributed by atoms with E-state index < -0.39 is 0 Å². The van der Waals surface area contributed by atoms with Crippen molar-refractivity contribution in [3.05, 3.63) is 101 Å². The third-order valence-electron chi connectivity index (χ3n) is 4.38. The van der Waals surface area contributed by atoms with Gasteiger partial charge in [-0.3, -0.25) is 9.78 Å². The summed E-state index contributed by atoms with van der Waals surface area (Å²) >= 11 is 5.98. The molecule has 0 saturated heterocycles. The zero-order chi connectivity index (χ0) is 19.1. The van der Waals surface area contributed by atoms with Crippen LogP contribution in [0, 0.1) is 5.82 Å². The van der Waals surface area contributed by atoms with Crippen molar-refractivity contribution < 1.29 is 9.18 Å². The van der Waals surface area contributed by atoms with Gasteiger partial charge in [-0.05, 0) is 59.9 Å². The molecule has 5 heteroatoms. The highest BCUT2D eigenvalue weighted by Crippen LogP contribution is 2.23. The fourth-order valence-electron chi connectivity index (χ4n) is 2.92. The maximum atomic E-state index is 13.0. The molecule has 0 radical (unpaired) electrons. The summed E-state index contributed by atoms with van der Waals surface area (Å²) in [7, 11) is 0. The van der Waals surface area contributed by atoms with Crippen molar-refractivity contribution in [3.8, 4) is 0 Å². The Morgan fingerprint density at radius 3 is 2.44 bits per heavy atom. The Morgan fingerprint density at radius 1 is 1.04 bits per heavy atom. The van der Waals surface area contributed by atoms with Crippen molar-refractivity contribution in [2.45, 2.75) is 18.8 Å². The lowest BCUT2D eigenvalue weighted by molar-refractivity contribution is -0.122. The van der Waals surface area contributed by atoms with Crippen LogP contribution in [0.3, 0.4) is 0 Å². The molecule has 0 aliphatic carbocycles. The summed E-state index contributed by atoms with van der Waals surface area (Å²) in [6, 6.07) is 17.5. The molecule has 0 aliphatic rings. The molecule has 3 aromatic rings. The molecule has 0 spiro atoms. The van der Waals surface area contributed by atoms with E-state index in [1.165, 1.54) is 12.1 Å². The SMILES string of the molecule is O=C(NCCc1ccc(F)cc1)C(Cc1cccnc1)c1ccc(Cl)cc1. The average Bonchev–Trinajstić information content (AvgIpc) is 2.69. The summed E-state index contributed by atoms with van der Waals surface area (Å²) in [5.74, 6) is -0.648. The Morgan fingerprint density at radius 2 is 1.78 bits per heavy atom. The van der Waals surface area contributed by atoms with E-state index in [1.807, 2.05) is 24.3 Å². The van der Waals surface area contributed by atoms with Gasteiger partial charge in [-0.1, -0.05) is 41.9 Å². The Balaban J connectivity index is 1.68. The minimum atomic E-state index is -0.334. The molecule has 3 rings (SSSR count). The predicted octanol–water partition coefficient (Wildman–Crippen LogP) is 4.56. The third kappa shape index (κ3) is 5.63. The van der Waals surface area contributed by atoms with E-state index in [2.05, 4.69) is 10.3 Å². The van der Waals surface area contributed by atoms with Gasteiger partial charge in [0.15, 0.2) is 0 Å². The molecular weight excluding hydrogens is 363 g/mol. The number of pyridine rings is 1. The molecule has 1 atom stereocenters. The number of aromatic nitrogens is 1. The van der Waals surface area contributed by atoms with Crippen LogP contribution < -0.4 is 5.32 Å². The standard InChI is InChI=1S/C22H20ClFN2O/c23-19-7-5-18(6-8-19)21(14-17-2-1-12-25-15-17)22(27)26-13-11-16-3-9-20(24)10-4-16/h1-10,12,15,21H,11,13-14H2,(H,26,27). The number of benzene rings is 2. The molecule has 0 bridgehead atoms. The topological polar surface area (TPSA) is 42.0 Å². The fourth-order valence-corrected chi connectivity index (χ4v) is 3.04. The zero-order valence-electron chi connectivity index (χ0n) is 14.7. The number of hydrogen-bond donors (Lipinski definition) is 1. The minimum absolute atomic E-state index is 0.0525. The lowest BCUT2D eigenvalue weighted by Gasteiger charge is -2.17. The van der Waals surface area contributed by atoms with Gasteiger partial charge in [-0.2, -0.15) is 0 Å². The first-order valence-electron chi connectivity index (χ1n) is 8.78. The second-order valence-corrected chi connectivity index (χ2v) is 6.77.